The summed E-state index contributed by atoms with van der Waals surface area (Å²) in [5, 5.41) is 2.86. The maximum atomic E-state index is 12.3. The van der Waals surface area contributed by atoms with Gasteiger partial charge in [0, 0.05) is 33.0 Å². The molecule has 8 nitrogen and oxygen atoms in total. The molecule has 2 rings (SSSR count). The molecule has 1 aromatic carbocycles. The standard InChI is InChI=1S/C19H27N3O5/c1-4-19(25)27-18-13-21(14(2)23)9-10-22(18)12-17(24)20-11-15-5-7-16(26-3)8-6-15/h5-8,18H,4,9-13H2,1-3H3,(H,20,24). The Morgan fingerprint density at radius 2 is 1.89 bits per heavy atom. The molecule has 0 spiro atoms. The van der Waals surface area contributed by atoms with Gasteiger partial charge in [-0.3, -0.25) is 19.3 Å². The zero-order valence-corrected chi connectivity index (χ0v) is 16.1. The Kier molecular flexibility index (Phi) is 7.60. The van der Waals surface area contributed by atoms with Crippen LogP contribution in [0.15, 0.2) is 24.3 Å². The molecule has 1 aliphatic rings. The van der Waals surface area contributed by atoms with Gasteiger partial charge in [0.1, 0.15) is 5.75 Å². The molecular weight excluding hydrogens is 350 g/mol. The lowest BCUT2D eigenvalue weighted by Gasteiger charge is -2.39. The van der Waals surface area contributed by atoms with Crippen LogP contribution in [0.2, 0.25) is 0 Å². The number of nitrogens with zero attached hydrogens (tertiary/aromatic N) is 2. The molecule has 1 N–H and O–H groups in total. The number of carbonyl (C=O) groups is 3. The van der Waals surface area contributed by atoms with Gasteiger partial charge in [-0.1, -0.05) is 19.1 Å². The Hall–Kier alpha value is -2.61. The van der Waals surface area contributed by atoms with Crippen molar-refractivity contribution in [1.82, 2.24) is 15.1 Å². The van der Waals surface area contributed by atoms with Gasteiger partial charge < -0.3 is 19.7 Å². The summed E-state index contributed by atoms with van der Waals surface area (Å²) >= 11 is 0. The van der Waals surface area contributed by atoms with Crippen molar-refractivity contribution in [3.63, 3.8) is 0 Å². The topological polar surface area (TPSA) is 88.2 Å². The van der Waals surface area contributed by atoms with Crippen LogP contribution >= 0.6 is 0 Å². The van der Waals surface area contributed by atoms with Crippen LogP contribution in [0.3, 0.4) is 0 Å². The molecule has 2 amide bonds. The van der Waals surface area contributed by atoms with Gasteiger partial charge in [-0.05, 0) is 17.7 Å². The summed E-state index contributed by atoms with van der Waals surface area (Å²) in [7, 11) is 1.60. The molecule has 1 atom stereocenters. The second-order valence-corrected chi connectivity index (χ2v) is 6.36. The van der Waals surface area contributed by atoms with Gasteiger partial charge in [-0.15, -0.1) is 0 Å². The monoisotopic (exact) mass is 377 g/mol. The first-order valence-electron chi connectivity index (χ1n) is 9.01. The molecular formula is C19H27N3O5. The summed E-state index contributed by atoms with van der Waals surface area (Å²) < 4.78 is 10.5. The Bertz CT molecular complexity index is 662. The molecule has 1 heterocycles. The summed E-state index contributed by atoms with van der Waals surface area (Å²) in [4.78, 5) is 39.0. The SMILES string of the molecule is CCC(=O)OC1CN(C(C)=O)CCN1CC(=O)NCc1ccc(OC)cc1. The van der Waals surface area contributed by atoms with Crippen molar-refractivity contribution >= 4 is 17.8 Å². The molecule has 0 saturated carbocycles. The second-order valence-electron chi connectivity index (χ2n) is 6.36. The number of esters is 1. The van der Waals surface area contributed by atoms with Gasteiger partial charge in [0.2, 0.25) is 11.8 Å². The molecule has 0 aromatic heterocycles. The highest BCUT2D eigenvalue weighted by Crippen LogP contribution is 2.13. The number of carbonyl (C=O) groups excluding carboxylic acids is 3. The zero-order valence-electron chi connectivity index (χ0n) is 16.1. The highest BCUT2D eigenvalue weighted by Gasteiger charge is 2.31. The van der Waals surface area contributed by atoms with E-state index in [-0.39, 0.29) is 37.3 Å². The molecule has 1 fully saturated rings. The van der Waals surface area contributed by atoms with Crippen LogP contribution in [0.4, 0.5) is 0 Å². The minimum absolute atomic E-state index is 0.0730. The number of ether oxygens (including phenoxy) is 2. The van der Waals surface area contributed by atoms with E-state index in [2.05, 4.69) is 5.32 Å². The number of hydrogen-bond donors (Lipinski definition) is 1. The molecule has 27 heavy (non-hydrogen) atoms. The number of hydrogen-bond acceptors (Lipinski definition) is 6. The van der Waals surface area contributed by atoms with Crippen molar-refractivity contribution in [3.8, 4) is 5.75 Å². The molecule has 0 aliphatic carbocycles. The predicted molar refractivity (Wildman–Crippen MR) is 98.8 cm³/mol. The van der Waals surface area contributed by atoms with E-state index >= 15 is 0 Å². The quantitative estimate of drug-likeness (QED) is 0.706. The zero-order chi connectivity index (χ0) is 19.8. The third-order valence-electron chi connectivity index (χ3n) is 4.44. The highest BCUT2D eigenvalue weighted by atomic mass is 16.6. The number of benzene rings is 1. The average molecular weight is 377 g/mol. The summed E-state index contributed by atoms with van der Waals surface area (Å²) in [6.07, 6.45) is -0.365. The van der Waals surface area contributed by atoms with Crippen LogP contribution in [0.25, 0.3) is 0 Å². The highest BCUT2D eigenvalue weighted by molar-refractivity contribution is 5.78. The smallest absolute Gasteiger partial charge is 0.307 e. The van der Waals surface area contributed by atoms with E-state index in [0.29, 0.717) is 19.6 Å². The largest absolute Gasteiger partial charge is 0.497 e. The van der Waals surface area contributed by atoms with Gasteiger partial charge in [0.25, 0.3) is 0 Å². The third kappa shape index (κ3) is 6.25. The number of piperazine rings is 1. The Morgan fingerprint density at radius 1 is 1.19 bits per heavy atom. The molecule has 1 saturated heterocycles. The normalized spacial score (nSPS) is 17.3. The molecule has 1 aromatic rings. The molecule has 1 aliphatic heterocycles. The first-order valence-corrected chi connectivity index (χ1v) is 9.01. The minimum atomic E-state index is -0.609. The second kappa shape index (κ2) is 9.91. The van der Waals surface area contributed by atoms with E-state index in [0.717, 1.165) is 11.3 Å². The number of nitrogens with one attached hydrogen (secondary N) is 1. The fourth-order valence-electron chi connectivity index (χ4n) is 2.79. The Balaban J connectivity index is 1.90. The summed E-state index contributed by atoms with van der Waals surface area (Å²) in [6, 6.07) is 7.44. The van der Waals surface area contributed by atoms with Crippen molar-refractivity contribution < 1.29 is 23.9 Å². The van der Waals surface area contributed by atoms with Crippen LogP contribution < -0.4 is 10.1 Å². The van der Waals surface area contributed by atoms with Gasteiger partial charge in [0.05, 0.1) is 20.2 Å². The number of rotatable bonds is 7. The molecule has 148 valence electrons. The van der Waals surface area contributed by atoms with Gasteiger partial charge in [-0.2, -0.15) is 0 Å². The van der Waals surface area contributed by atoms with E-state index < -0.39 is 6.23 Å². The first-order chi connectivity index (χ1) is 12.9. The molecule has 1 unspecified atom stereocenters. The average Bonchev–Trinajstić information content (AvgIpc) is 2.67. The molecule has 8 heteroatoms. The number of methoxy groups -OCH3 is 1. The third-order valence-corrected chi connectivity index (χ3v) is 4.44. The lowest BCUT2D eigenvalue weighted by Crippen LogP contribution is -2.57. The van der Waals surface area contributed by atoms with E-state index in [9.17, 15) is 14.4 Å². The van der Waals surface area contributed by atoms with Crippen LogP contribution in [0.5, 0.6) is 5.75 Å². The summed E-state index contributed by atoms with van der Waals surface area (Å²) in [6.45, 7) is 4.93. The maximum Gasteiger partial charge on any atom is 0.307 e. The van der Waals surface area contributed by atoms with E-state index in [1.54, 1.807) is 23.8 Å². The predicted octanol–water partition coefficient (Wildman–Crippen LogP) is 0.755. The lowest BCUT2D eigenvalue weighted by atomic mass is 10.2. The Labute approximate surface area is 159 Å². The van der Waals surface area contributed by atoms with Crippen molar-refractivity contribution in [2.45, 2.75) is 33.0 Å². The molecule has 0 radical (unpaired) electrons. The number of amides is 2. The van der Waals surface area contributed by atoms with Crippen molar-refractivity contribution in [2.75, 3.05) is 33.3 Å². The summed E-state index contributed by atoms with van der Waals surface area (Å²) in [5.74, 6) is 0.166. The van der Waals surface area contributed by atoms with Crippen molar-refractivity contribution in [2.24, 2.45) is 0 Å². The van der Waals surface area contributed by atoms with Crippen LogP contribution in [-0.2, 0) is 25.7 Å². The lowest BCUT2D eigenvalue weighted by molar-refractivity contribution is -0.169. The van der Waals surface area contributed by atoms with E-state index in [1.807, 2.05) is 24.3 Å². The summed E-state index contributed by atoms with van der Waals surface area (Å²) in [5.41, 5.74) is 0.958. The van der Waals surface area contributed by atoms with E-state index in [1.165, 1.54) is 6.92 Å². The van der Waals surface area contributed by atoms with Gasteiger partial charge in [-0.25, -0.2) is 0 Å². The first kappa shape index (κ1) is 20.7. The van der Waals surface area contributed by atoms with E-state index in [4.69, 9.17) is 9.47 Å². The van der Waals surface area contributed by atoms with Gasteiger partial charge in [0.15, 0.2) is 6.23 Å². The minimum Gasteiger partial charge on any atom is -0.497 e. The van der Waals surface area contributed by atoms with Gasteiger partial charge >= 0.3 is 5.97 Å². The van der Waals surface area contributed by atoms with Crippen molar-refractivity contribution in [1.29, 1.82) is 0 Å². The van der Waals surface area contributed by atoms with Crippen LogP contribution in [0, 0.1) is 0 Å². The van der Waals surface area contributed by atoms with Crippen LogP contribution in [-0.4, -0.2) is 67.1 Å². The Morgan fingerprint density at radius 3 is 2.48 bits per heavy atom. The van der Waals surface area contributed by atoms with Crippen LogP contribution in [0.1, 0.15) is 25.8 Å². The fraction of sp³-hybridized carbons (Fsp3) is 0.526. The maximum absolute atomic E-state index is 12.3. The van der Waals surface area contributed by atoms with Crippen molar-refractivity contribution in [3.05, 3.63) is 29.8 Å². The fourth-order valence-corrected chi connectivity index (χ4v) is 2.79. The molecule has 0 bridgehead atoms.